The Morgan fingerprint density at radius 2 is 1.64 bits per heavy atom. The number of benzene rings is 1. The van der Waals surface area contributed by atoms with E-state index in [1.165, 1.54) is 44.1 Å². The van der Waals surface area contributed by atoms with Crippen molar-refractivity contribution in [1.82, 2.24) is 0 Å². The summed E-state index contributed by atoms with van der Waals surface area (Å²) in [6.45, 7) is 20.0. The molecular formula is C39H56O3. The van der Waals surface area contributed by atoms with Crippen LogP contribution in [0.25, 0.3) is 6.08 Å². The molecule has 0 bridgehead atoms. The molecule has 5 aliphatic carbocycles. The maximum absolute atomic E-state index is 12.9. The summed E-state index contributed by atoms with van der Waals surface area (Å²) < 4.78 is 6.12. The smallest absolute Gasteiger partial charge is 0.330 e. The van der Waals surface area contributed by atoms with Crippen LogP contribution in [0.5, 0.6) is 0 Å². The van der Waals surface area contributed by atoms with E-state index in [9.17, 15) is 9.90 Å². The van der Waals surface area contributed by atoms with Gasteiger partial charge in [-0.15, -0.1) is 0 Å². The number of fused-ring (bicyclic) bond motifs is 7. The van der Waals surface area contributed by atoms with Gasteiger partial charge in [-0.05, 0) is 134 Å². The lowest BCUT2D eigenvalue weighted by molar-refractivity contribution is -0.249. The fourth-order valence-corrected chi connectivity index (χ4v) is 12.5. The van der Waals surface area contributed by atoms with Crippen molar-refractivity contribution in [3.63, 3.8) is 0 Å². The van der Waals surface area contributed by atoms with Gasteiger partial charge in [-0.1, -0.05) is 77.1 Å². The summed E-state index contributed by atoms with van der Waals surface area (Å²) >= 11 is 0. The Balaban J connectivity index is 1.27. The number of ether oxygens (including phenoxy) is 1. The van der Waals surface area contributed by atoms with Crippen LogP contribution < -0.4 is 0 Å². The summed E-state index contributed by atoms with van der Waals surface area (Å²) in [6.07, 6.45) is 15.2. The first-order chi connectivity index (χ1) is 19.8. The van der Waals surface area contributed by atoms with Crippen LogP contribution in [0.3, 0.4) is 0 Å². The van der Waals surface area contributed by atoms with E-state index in [2.05, 4.69) is 48.1 Å². The van der Waals surface area contributed by atoms with E-state index < -0.39 is 0 Å². The maximum atomic E-state index is 12.9. The number of allylic oxidation sites excluding steroid dienone is 1. The van der Waals surface area contributed by atoms with E-state index in [4.69, 9.17) is 4.74 Å². The second-order valence-electron chi connectivity index (χ2n) is 16.8. The van der Waals surface area contributed by atoms with Gasteiger partial charge in [-0.3, -0.25) is 0 Å². The van der Waals surface area contributed by atoms with Crippen LogP contribution in [0.4, 0.5) is 0 Å². The highest BCUT2D eigenvalue weighted by Gasteiger charge is 2.70. The molecule has 6 rings (SSSR count). The largest absolute Gasteiger partial charge is 0.462 e. The third-order valence-electron chi connectivity index (χ3n) is 14.9. The monoisotopic (exact) mass is 572 g/mol. The molecule has 5 aliphatic rings. The molecule has 0 aliphatic heterocycles. The van der Waals surface area contributed by atoms with E-state index in [-0.39, 0.29) is 28.3 Å². The van der Waals surface area contributed by atoms with Crippen molar-refractivity contribution in [2.24, 2.45) is 56.7 Å². The average molecular weight is 573 g/mol. The lowest BCUT2D eigenvalue weighted by Crippen LogP contribution is -2.66. The molecule has 0 radical (unpaired) electrons. The van der Waals surface area contributed by atoms with E-state index in [1.807, 2.05) is 36.4 Å². The molecule has 1 N–H and O–H groups in total. The summed E-state index contributed by atoms with van der Waals surface area (Å²) in [4.78, 5) is 12.9. The number of esters is 1. The Labute approximate surface area is 255 Å². The third kappa shape index (κ3) is 4.33. The lowest BCUT2D eigenvalue weighted by atomic mass is 9.32. The van der Waals surface area contributed by atoms with Gasteiger partial charge in [0.1, 0.15) is 0 Å². The van der Waals surface area contributed by atoms with Gasteiger partial charge in [-0.2, -0.15) is 0 Å². The fourth-order valence-electron chi connectivity index (χ4n) is 12.5. The van der Waals surface area contributed by atoms with Crippen LogP contribution in [0.15, 0.2) is 48.6 Å². The Bertz CT molecular complexity index is 1230. The van der Waals surface area contributed by atoms with E-state index in [0.717, 1.165) is 31.2 Å². The highest BCUT2D eigenvalue weighted by atomic mass is 16.5. The van der Waals surface area contributed by atoms with Crippen molar-refractivity contribution in [1.29, 1.82) is 0 Å². The van der Waals surface area contributed by atoms with E-state index in [0.29, 0.717) is 47.0 Å². The second kappa shape index (κ2) is 10.4. The first kappa shape index (κ1) is 30.2. The van der Waals surface area contributed by atoms with Crippen LogP contribution in [0, 0.1) is 56.7 Å². The molecule has 0 aromatic heterocycles. The topological polar surface area (TPSA) is 46.5 Å². The average Bonchev–Trinajstić information content (AvgIpc) is 3.34. The summed E-state index contributed by atoms with van der Waals surface area (Å²) in [5.74, 6) is 2.76. The predicted octanol–water partition coefficient (Wildman–Crippen LogP) is 9.26. The predicted molar refractivity (Wildman–Crippen MR) is 171 cm³/mol. The molecule has 230 valence electrons. The van der Waals surface area contributed by atoms with Crippen molar-refractivity contribution in [3.05, 3.63) is 54.1 Å². The molecule has 42 heavy (non-hydrogen) atoms. The number of aliphatic hydroxyl groups excluding tert-OH is 1. The van der Waals surface area contributed by atoms with Gasteiger partial charge in [0, 0.05) is 11.5 Å². The number of rotatable bonds is 5. The Morgan fingerprint density at radius 3 is 2.36 bits per heavy atom. The summed E-state index contributed by atoms with van der Waals surface area (Å²) in [6, 6.07) is 9.99. The second-order valence-corrected chi connectivity index (χ2v) is 16.8. The van der Waals surface area contributed by atoms with Crippen molar-refractivity contribution in [3.8, 4) is 0 Å². The van der Waals surface area contributed by atoms with Crippen LogP contribution in [-0.4, -0.2) is 23.8 Å². The fraction of sp³-hybridized carbons (Fsp3) is 0.718. The van der Waals surface area contributed by atoms with E-state index in [1.54, 1.807) is 6.08 Å². The molecular weight excluding hydrogens is 516 g/mol. The van der Waals surface area contributed by atoms with Crippen molar-refractivity contribution < 1.29 is 14.6 Å². The molecule has 5 fully saturated rings. The molecule has 0 amide bonds. The van der Waals surface area contributed by atoms with Gasteiger partial charge in [0.25, 0.3) is 0 Å². The summed E-state index contributed by atoms with van der Waals surface area (Å²) in [7, 11) is 0. The summed E-state index contributed by atoms with van der Waals surface area (Å²) in [5.41, 5.74) is 3.26. The SMILES string of the molecule is C=C(C)C1CCC2(COC(=O)/C=C/c3ccccc3)CC[C@]3(C)C(CCC4[C@@]5(C)CCC(O)C(C)(C)C5CC[C@]43C)C12. The van der Waals surface area contributed by atoms with Gasteiger partial charge in [-0.25, -0.2) is 4.79 Å². The molecule has 0 saturated heterocycles. The highest BCUT2D eigenvalue weighted by Crippen LogP contribution is 2.77. The third-order valence-corrected chi connectivity index (χ3v) is 14.9. The number of carbonyl (C=O) groups is 1. The standard InChI is InChI=1S/C39H56O3/c1-26(2)28-17-22-39(25-42-33(41)16-13-27-11-9-8-10-12-27)24-23-37(6)29(34(28)39)14-15-31-36(5)20-19-32(40)35(3,4)30(36)18-21-38(31,37)7/h8-13,16,28-32,34,40H,1,14-15,17-25H2,2-7H3/b16-13+/t28?,29?,30?,31?,32?,34?,36-,37+,38+,39?/m0/s1. The van der Waals surface area contributed by atoms with Gasteiger partial charge >= 0.3 is 5.97 Å². The van der Waals surface area contributed by atoms with Crippen LogP contribution in [-0.2, 0) is 9.53 Å². The normalized spacial score (nSPS) is 45.8. The van der Waals surface area contributed by atoms with Crippen molar-refractivity contribution >= 4 is 12.0 Å². The molecule has 5 saturated carbocycles. The van der Waals surface area contributed by atoms with Gasteiger partial charge in [0.2, 0.25) is 0 Å². The van der Waals surface area contributed by atoms with Crippen LogP contribution in [0.2, 0.25) is 0 Å². The molecule has 3 heteroatoms. The molecule has 1 aromatic rings. The zero-order chi connectivity index (χ0) is 30.1. The first-order valence-electron chi connectivity index (χ1n) is 17.0. The minimum atomic E-state index is -0.219. The number of hydrogen-bond acceptors (Lipinski definition) is 3. The zero-order valence-electron chi connectivity index (χ0n) is 27.3. The Kier molecular flexibility index (Phi) is 7.44. The van der Waals surface area contributed by atoms with Crippen molar-refractivity contribution in [2.45, 2.75) is 112 Å². The van der Waals surface area contributed by atoms with Crippen LogP contribution in [0.1, 0.15) is 111 Å². The molecule has 0 heterocycles. The Hall–Kier alpha value is -1.87. The first-order valence-corrected chi connectivity index (χ1v) is 17.0. The molecule has 7 unspecified atom stereocenters. The summed E-state index contributed by atoms with van der Waals surface area (Å²) in [5, 5.41) is 11.0. The number of hydrogen-bond donors (Lipinski definition) is 1. The Morgan fingerprint density at radius 1 is 0.905 bits per heavy atom. The van der Waals surface area contributed by atoms with Crippen LogP contribution >= 0.6 is 0 Å². The lowest BCUT2D eigenvalue weighted by Gasteiger charge is -2.73. The van der Waals surface area contributed by atoms with Gasteiger partial charge < -0.3 is 9.84 Å². The highest BCUT2D eigenvalue weighted by molar-refractivity contribution is 5.87. The number of carbonyl (C=O) groups excluding carboxylic acids is 1. The molecule has 1 aromatic carbocycles. The molecule has 10 atom stereocenters. The quantitative estimate of drug-likeness (QED) is 0.217. The van der Waals surface area contributed by atoms with Gasteiger partial charge in [0.15, 0.2) is 0 Å². The maximum Gasteiger partial charge on any atom is 0.330 e. The number of aliphatic hydroxyl groups is 1. The van der Waals surface area contributed by atoms with E-state index >= 15 is 0 Å². The molecule has 3 nitrogen and oxygen atoms in total. The van der Waals surface area contributed by atoms with Gasteiger partial charge in [0.05, 0.1) is 12.7 Å². The minimum absolute atomic E-state index is 0.0108. The minimum Gasteiger partial charge on any atom is -0.462 e. The molecule has 0 spiro atoms. The zero-order valence-corrected chi connectivity index (χ0v) is 27.3. The van der Waals surface area contributed by atoms with Crippen molar-refractivity contribution in [2.75, 3.05) is 6.61 Å².